The van der Waals surface area contributed by atoms with Crippen LogP contribution in [0.25, 0.3) is 11.9 Å². The van der Waals surface area contributed by atoms with E-state index in [0.717, 1.165) is 17.1 Å². The highest BCUT2D eigenvalue weighted by Crippen LogP contribution is 2.38. The molecule has 0 aliphatic rings. The topological polar surface area (TPSA) is 112 Å². The third kappa shape index (κ3) is 5.61. The van der Waals surface area contributed by atoms with Gasteiger partial charge in [-0.15, -0.1) is 0 Å². The summed E-state index contributed by atoms with van der Waals surface area (Å²) >= 11 is 0. The molecule has 0 saturated carbocycles. The van der Waals surface area contributed by atoms with Crippen LogP contribution in [0, 0.1) is 6.92 Å². The summed E-state index contributed by atoms with van der Waals surface area (Å²) in [5.41, 5.74) is 2.19. The largest absolute Gasteiger partial charge is 0.493 e. The van der Waals surface area contributed by atoms with E-state index in [-0.39, 0.29) is 5.91 Å². The van der Waals surface area contributed by atoms with E-state index in [4.69, 9.17) is 14.2 Å². The predicted octanol–water partition coefficient (Wildman–Crippen LogP) is 4.39. The van der Waals surface area contributed by atoms with Crippen molar-refractivity contribution in [2.45, 2.75) is 6.92 Å². The maximum absolute atomic E-state index is 12.4. The number of imidazole rings is 1. The number of nitrogens with one attached hydrogen (secondary N) is 2. The average molecular weight is 487 g/mol. The van der Waals surface area contributed by atoms with Crippen molar-refractivity contribution in [2.24, 2.45) is 0 Å². The van der Waals surface area contributed by atoms with Gasteiger partial charge < -0.3 is 24.8 Å². The minimum atomic E-state index is -0.277. The summed E-state index contributed by atoms with van der Waals surface area (Å²) in [6.45, 7) is 1.90. The first-order valence-electron chi connectivity index (χ1n) is 11.0. The molecule has 1 amide bonds. The molecule has 0 unspecified atom stereocenters. The molecule has 0 atom stereocenters. The Labute approximate surface area is 208 Å². The molecule has 36 heavy (non-hydrogen) atoms. The maximum Gasteiger partial charge on any atom is 0.248 e. The first kappa shape index (κ1) is 24.3. The monoisotopic (exact) mass is 486 g/mol. The van der Waals surface area contributed by atoms with E-state index < -0.39 is 0 Å². The molecule has 2 heterocycles. The standard InChI is InChI=1S/C26H26N6O4/c1-17-27-11-12-32(17)24-15-23(28-16-29-24)30-19-6-8-20(9-7-19)31-25(33)10-5-18-13-21(34-2)26(36-4)22(14-18)35-3/h5-16H,1-4H3,(H,31,33)(H,28,29,30)/b10-5+. The number of hydrogen-bond acceptors (Lipinski definition) is 8. The number of aryl methyl sites for hydroxylation is 1. The number of carbonyl (C=O) groups excluding carboxylic acids is 1. The molecule has 10 nitrogen and oxygen atoms in total. The number of amides is 1. The van der Waals surface area contributed by atoms with E-state index in [1.54, 1.807) is 50.8 Å². The highest BCUT2D eigenvalue weighted by atomic mass is 16.5. The summed E-state index contributed by atoms with van der Waals surface area (Å²) in [6, 6.07) is 12.7. The fourth-order valence-corrected chi connectivity index (χ4v) is 3.51. The number of methoxy groups -OCH3 is 3. The fourth-order valence-electron chi connectivity index (χ4n) is 3.51. The molecule has 0 fully saturated rings. The number of hydrogen-bond donors (Lipinski definition) is 2. The van der Waals surface area contributed by atoms with Crippen molar-refractivity contribution < 1.29 is 19.0 Å². The Bertz CT molecular complexity index is 1360. The van der Waals surface area contributed by atoms with Gasteiger partial charge in [0.2, 0.25) is 11.7 Å². The number of nitrogens with zero attached hydrogens (tertiary/aromatic N) is 4. The molecule has 4 aromatic rings. The van der Waals surface area contributed by atoms with Crippen molar-refractivity contribution in [2.75, 3.05) is 32.0 Å². The number of rotatable bonds is 9. The maximum atomic E-state index is 12.4. The highest BCUT2D eigenvalue weighted by molar-refractivity contribution is 6.02. The molecule has 0 saturated heterocycles. The molecule has 0 aliphatic carbocycles. The van der Waals surface area contributed by atoms with Gasteiger partial charge in [0.05, 0.1) is 21.3 Å². The fraction of sp³-hybridized carbons (Fsp3) is 0.154. The van der Waals surface area contributed by atoms with Crippen molar-refractivity contribution >= 4 is 29.2 Å². The molecule has 0 aliphatic heterocycles. The first-order chi connectivity index (χ1) is 17.5. The molecule has 0 spiro atoms. The Hall–Kier alpha value is -4.86. The van der Waals surface area contributed by atoms with Crippen molar-refractivity contribution in [3.8, 4) is 23.1 Å². The van der Waals surface area contributed by atoms with E-state index in [2.05, 4.69) is 25.6 Å². The summed E-state index contributed by atoms with van der Waals surface area (Å²) < 4.78 is 17.9. The van der Waals surface area contributed by atoms with Crippen LogP contribution in [0.1, 0.15) is 11.4 Å². The average Bonchev–Trinajstić information content (AvgIpc) is 3.33. The Morgan fingerprint density at radius 2 is 1.61 bits per heavy atom. The van der Waals surface area contributed by atoms with Crippen LogP contribution in [0.15, 0.2) is 67.3 Å². The van der Waals surface area contributed by atoms with Crippen LogP contribution in [-0.2, 0) is 4.79 Å². The number of aromatic nitrogens is 4. The molecular weight excluding hydrogens is 460 g/mol. The summed E-state index contributed by atoms with van der Waals surface area (Å²) in [6.07, 6.45) is 8.16. The number of anilines is 3. The van der Waals surface area contributed by atoms with Crippen LogP contribution in [0.2, 0.25) is 0 Å². The molecule has 2 aromatic carbocycles. The van der Waals surface area contributed by atoms with Gasteiger partial charge >= 0.3 is 0 Å². The van der Waals surface area contributed by atoms with Gasteiger partial charge in [-0.05, 0) is 55.0 Å². The van der Waals surface area contributed by atoms with Gasteiger partial charge in [-0.25, -0.2) is 15.0 Å². The zero-order valence-corrected chi connectivity index (χ0v) is 20.4. The van der Waals surface area contributed by atoms with Crippen molar-refractivity contribution in [3.05, 3.63) is 78.6 Å². The number of benzene rings is 2. The van der Waals surface area contributed by atoms with E-state index in [1.165, 1.54) is 19.5 Å². The molecule has 10 heteroatoms. The zero-order chi connectivity index (χ0) is 25.5. The second kappa shape index (κ2) is 11.0. The quantitative estimate of drug-likeness (QED) is 0.335. The highest BCUT2D eigenvalue weighted by Gasteiger charge is 2.12. The lowest BCUT2D eigenvalue weighted by molar-refractivity contribution is -0.111. The third-order valence-electron chi connectivity index (χ3n) is 5.26. The normalized spacial score (nSPS) is 10.8. The first-order valence-corrected chi connectivity index (χ1v) is 11.0. The molecular formula is C26H26N6O4. The predicted molar refractivity (Wildman–Crippen MR) is 137 cm³/mol. The van der Waals surface area contributed by atoms with Crippen molar-refractivity contribution in [1.29, 1.82) is 0 Å². The number of ether oxygens (including phenoxy) is 3. The van der Waals surface area contributed by atoms with Crippen LogP contribution in [0.5, 0.6) is 17.2 Å². The molecule has 0 bridgehead atoms. The van der Waals surface area contributed by atoms with Gasteiger partial charge in [0.15, 0.2) is 11.5 Å². The minimum absolute atomic E-state index is 0.277. The molecule has 184 valence electrons. The lowest BCUT2D eigenvalue weighted by Crippen LogP contribution is -2.07. The Balaban J connectivity index is 1.40. The second-order valence-corrected chi connectivity index (χ2v) is 7.59. The van der Waals surface area contributed by atoms with Crippen LogP contribution in [-0.4, -0.2) is 46.8 Å². The van der Waals surface area contributed by atoms with E-state index in [0.29, 0.717) is 34.6 Å². The molecule has 0 radical (unpaired) electrons. The summed E-state index contributed by atoms with van der Waals surface area (Å²) in [5.74, 6) is 3.42. The number of carbonyl (C=O) groups is 1. The van der Waals surface area contributed by atoms with Gasteiger partial charge in [0.25, 0.3) is 0 Å². The van der Waals surface area contributed by atoms with Crippen LogP contribution in [0.4, 0.5) is 17.2 Å². The zero-order valence-electron chi connectivity index (χ0n) is 20.4. The van der Waals surface area contributed by atoms with Crippen molar-refractivity contribution in [1.82, 2.24) is 19.5 Å². The van der Waals surface area contributed by atoms with Crippen LogP contribution >= 0.6 is 0 Å². The summed E-state index contributed by atoms with van der Waals surface area (Å²) in [5, 5.41) is 6.08. The van der Waals surface area contributed by atoms with E-state index in [1.807, 2.05) is 35.9 Å². The minimum Gasteiger partial charge on any atom is -0.493 e. The molecule has 2 N–H and O–H groups in total. The van der Waals surface area contributed by atoms with E-state index >= 15 is 0 Å². The summed E-state index contributed by atoms with van der Waals surface area (Å²) in [7, 11) is 4.62. The van der Waals surface area contributed by atoms with E-state index in [9.17, 15) is 4.79 Å². The lowest BCUT2D eigenvalue weighted by Gasteiger charge is -2.12. The molecule has 4 rings (SSSR count). The van der Waals surface area contributed by atoms with Gasteiger partial charge in [0, 0.05) is 35.9 Å². The second-order valence-electron chi connectivity index (χ2n) is 7.59. The smallest absolute Gasteiger partial charge is 0.248 e. The van der Waals surface area contributed by atoms with Crippen LogP contribution < -0.4 is 24.8 Å². The summed E-state index contributed by atoms with van der Waals surface area (Å²) in [4.78, 5) is 25.2. The third-order valence-corrected chi connectivity index (χ3v) is 5.26. The Morgan fingerprint density at radius 1 is 0.917 bits per heavy atom. The SMILES string of the molecule is COc1cc(/C=C/C(=O)Nc2ccc(Nc3cc(-n4ccnc4C)ncn3)cc2)cc(OC)c1OC. The van der Waals surface area contributed by atoms with Gasteiger partial charge in [0.1, 0.15) is 23.8 Å². The van der Waals surface area contributed by atoms with Gasteiger partial charge in [-0.3, -0.25) is 9.36 Å². The van der Waals surface area contributed by atoms with Crippen molar-refractivity contribution in [3.63, 3.8) is 0 Å². The van der Waals surface area contributed by atoms with Gasteiger partial charge in [-0.1, -0.05) is 0 Å². The Morgan fingerprint density at radius 3 is 2.22 bits per heavy atom. The van der Waals surface area contributed by atoms with Gasteiger partial charge in [-0.2, -0.15) is 0 Å². The molecule has 2 aromatic heterocycles. The van der Waals surface area contributed by atoms with Crippen LogP contribution in [0.3, 0.4) is 0 Å². The lowest BCUT2D eigenvalue weighted by atomic mass is 10.1. The Kier molecular flexibility index (Phi) is 7.45.